The molecule has 0 radical (unpaired) electrons. The van der Waals surface area contributed by atoms with Gasteiger partial charge in [0.05, 0.1) is 5.41 Å². The summed E-state index contributed by atoms with van der Waals surface area (Å²) in [5.41, 5.74) is -1.14. The maximum Gasteiger partial charge on any atom is 0.310 e. The molecule has 0 fully saturated rings. The molecule has 0 bridgehead atoms. The van der Waals surface area contributed by atoms with E-state index in [1.807, 2.05) is 13.8 Å². The molecule has 0 aromatic carbocycles. The summed E-state index contributed by atoms with van der Waals surface area (Å²) in [6.45, 7) is 10.7. The first-order valence-corrected chi connectivity index (χ1v) is 7.74. The molecule has 0 spiro atoms. The van der Waals surface area contributed by atoms with Gasteiger partial charge >= 0.3 is 5.97 Å². The van der Waals surface area contributed by atoms with E-state index in [2.05, 4.69) is 12.2 Å². The summed E-state index contributed by atoms with van der Waals surface area (Å²) in [4.78, 5) is 11.3. The highest BCUT2D eigenvalue weighted by molar-refractivity contribution is 5.75. The highest BCUT2D eigenvalue weighted by Gasteiger charge is 2.42. The Hall–Kier alpha value is -0.570. The van der Waals surface area contributed by atoms with Gasteiger partial charge in [0.25, 0.3) is 0 Å². The lowest BCUT2D eigenvalue weighted by molar-refractivity contribution is -0.151. The van der Waals surface area contributed by atoms with Crippen LogP contribution in [0, 0.1) is 5.41 Å². The van der Waals surface area contributed by atoms with Gasteiger partial charge in [-0.25, -0.2) is 0 Å². The molecule has 19 heavy (non-hydrogen) atoms. The number of carboxylic acid groups (broad SMARTS) is 1. The minimum atomic E-state index is -0.756. The highest BCUT2D eigenvalue weighted by Crippen LogP contribution is 2.30. The van der Waals surface area contributed by atoms with Crippen molar-refractivity contribution in [2.24, 2.45) is 5.41 Å². The number of rotatable bonds is 11. The fourth-order valence-corrected chi connectivity index (χ4v) is 1.97. The molecule has 2 N–H and O–H groups in total. The number of carboxylic acids is 1. The van der Waals surface area contributed by atoms with Gasteiger partial charge in [0.2, 0.25) is 0 Å². The van der Waals surface area contributed by atoms with Gasteiger partial charge in [-0.05, 0) is 40.7 Å². The van der Waals surface area contributed by atoms with Crippen LogP contribution in [0.3, 0.4) is 0 Å². The van der Waals surface area contributed by atoms with Crippen LogP contribution in [-0.2, 0) is 4.79 Å². The normalized spacial score (nSPS) is 12.7. The molecule has 3 heteroatoms. The Morgan fingerprint density at radius 3 is 1.89 bits per heavy atom. The summed E-state index contributed by atoms with van der Waals surface area (Å²) in [7, 11) is 0. The zero-order valence-corrected chi connectivity index (χ0v) is 13.5. The summed E-state index contributed by atoms with van der Waals surface area (Å²) in [5, 5.41) is 12.7. The summed E-state index contributed by atoms with van der Waals surface area (Å²) in [6, 6.07) is 0. The SMILES string of the molecule is CCCCCCCCCNC(C)(C)C(C)(C)C(=O)O. The number of aliphatic carboxylic acids is 1. The van der Waals surface area contributed by atoms with Gasteiger partial charge in [0.1, 0.15) is 0 Å². The number of carbonyl (C=O) groups is 1. The topological polar surface area (TPSA) is 49.3 Å². The number of nitrogens with one attached hydrogen (secondary N) is 1. The molecule has 0 atom stereocenters. The van der Waals surface area contributed by atoms with Crippen molar-refractivity contribution in [3.8, 4) is 0 Å². The van der Waals surface area contributed by atoms with E-state index in [0.29, 0.717) is 0 Å². The van der Waals surface area contributed by atoms with Gasteiger partial charge in [-0.15, -0.1) is 0 Å². The fraction of sp³-hybridized carbons (Fsp3) is 0.938. The van der Waals surface area contributed by atoms with Gasteiger partial charge in [-0.1, -0.05) is 45.4 Å². The van der Waals surface area contributed by atoms with Crippen molar-refractivity contribution in [2.45, 2.75) is 85.1 Å². The van der Waals surface area contributed by atoms with E-state index in [1.165, 1.54) is 38.5 Å². The summed E-state index contributed by atoms with van der Waals surface area (Å²) in [5.74, 6) is -0.746. The Bertz CT molecular complexity index is 259. The molecule has 0 amide bonds. The summed E-state index contributed by atoms with van der Waals surface area (Å²) < 4.78 is 0. The Labute approximate surface area is 119 Å². The van der Waals surface area contributed by atoms with Crippen LogP contribution in [0.25, 0.3) is 0 Å². The zero-order chi connectivity index (χ0) is 14.9. The minimum absolute atomic E-state index is 0.388. The van der Waals surface area contributed by atoms with Crippen LogP contribution in [0.1, 0.15) is 79.6 Å². The third-order valence-electron chi connectivity index (χ3n) is 4.44. The number of hydrogen-bond donors (Lipinski definition) is 2. The summed E-state index contributed by atoms with van der Waals surface area (Å²) >= 11 is 0. The maximum atomic E-state index is 11.3. The van der Waals surface area contributed by atoms with Crippen LogP contribution in [-0.4, -0.2) is 23.2 Å². The first-order chi connectivity index (χ1) is 8.75. The van der Waals surface area contributed by atoms with E-state index >= 15 is 0 Å². The second-order valence-electron chi connectivity index (χ2n) is 6.60. The lowest BCUT2D eigenvalue weighted by Gasteiger charge is -2.39. The molecule has 0 aromatic rings. The number of hydrogen-bond acceptors (Lipinski definition) is 2. The highest BCUT2D eigenvalue weighted by atomic mass is 16.4. The van der Waals surface area contributed by atoms with Crippen LogP contribution < -0.4 is 5.32 Å². The second kappa shape index (κ2) is 8.57. The van der Waals surface area contributed by atoms with E-state index in [0.717, 1.165) is 13.0 Å². The van der Waals surface area contributed by atoms with Gasteiger partial charge in [0, 0.05) is 5.54 Å². The van der Waals surface area contributed by atoms with Crippen LogP contribution in [0.15, 0.2) is 0 Å². The molecule has 0 aromatic heterocycles. The van der Waals surface area contributed by atoms with Crippen molar-refractivity contribution in [2.75, 3.05) is 6.54 Å². The molecule has 3 nitrogen and oxygen atoms in total. The van der Waals surface area contributed by atoms with Crippen molar-refractivity contribution < 1.29 is 9.90 Å². The molecular formula is C16H33NO2. The molecule has 0 unspecified atom stereocenters. The first kappa shape index (κ1) is 18.4. The maximum absolute atomic E-state index is 11.3. The molecule has 114 valence electrons. The Morgan fingerprint density at radius 1 is 0.947 bits per heavy atom. The van der Waals surface area contributed by atoms with E-state index in [9.17, 15) is 9.90 Å². The quantitative estimate of drug-likeness (QED) is 0.553. The molecule has 0 saturated heterocycles. The molecule has 0 heterocycles. The lowest BCUT2D eigenvalue weighted by atomic mass is 9.74. The monoisotopic (exact) mass is 271 g/mol. The molecule has 0 aliphatic heterocycles. The van der Waals surface area contributed by atoms with Crippen molar-refractivity contribution in [1.82, 2.24) is 5.32 Å². The van der Waals surface area contributed by atoms with E-state index in [1.54, 1.807) is 13.8 Å². The van der Waals surface area contributed by atoms with Crippen molar-refractivity contribution in [3.63, 3.8) is 0 Å². The van der Waals surface area contributed by atoms with Crippen LogP contribution in [0.4, 0.5) is 0 Å². The van der Waals surface area contributed by atoms with Crippen molar-refractivity contribution in [3.05, 3.63) is 0 Å². The molecule has 0 aliphatic rings. The molecular weight excluding hydrogens is 238 g/mol. The average Bonchev–Trinajstić information content (AvgIpc) is 2.32. The standard InChI is InChI=1S/C16H33NO2/c1-6-7-8-9-10-11-12-13-17-16(4,5)15(2,3)14(18)19/h17H,6-13H2,1-5H3,(H,18,19). The Morgan fingerprint density at radius 2 is 1.42 bits per heavy atom. The number of unbranched alkanes of at least 4 members (excludes halogenated alkanes) is 6. The minimum Gasteiger partial charge on any atom is -0.481 e. The third kappa shape index (κ3) is 6.42. The van der Waals surface area contributed by atoms with Crippen molar-refractivity contribution in [1.29, 1.82) is 0 Å². The van der Waals surface area contributed by atoms with Gasteiger partial charge in [0.15, 0.2) is 0 Å². The third-order valence-corrected chi connectivity index (χ3v) is 4.44. The molecule has 0 rings (SSSR count). The summed E-state index contributed by atoms with van der Waals surface area (Å²) in [6.07, 6.45) is 8.98. The van der Waals surface area contributed by atoms with Crippen LogP contribution in [0.5, 0.6) is 0 Å². The fourth-order valence-electron chi connectivity index (χ4n) is 1.97. The first-order valence-electron chi connectivity index (χ1n) is 7.74. The average molecular weight is 271 g/mol. The van der Waals surface area contributed by atoms with E-state index < -0.39 is 11.4 Å². The van der Waals surface area contributed by atoms with Crippen LogP contribution >= 0.6 is 0 Å². The van der Waals surface area contributed by atoms with Gasteiger partial charge in [-0.3, -0.25) is 4.79 Å². The van der Waals surface area contributed by atoms with Gasteiger partial charge < -0.3 is 10.4 Å². The van der Waals surface area contributed by atoms with Crippen molar-refractivity contribution >= 4 is 5.97 Å². The van der Waals surface area contributed by atoms with Gasteiger partial charge in [-0.2, -0.15) is 0 Å². The predicted molar refractivity (Wildman–Crippen MR) is 81.5 cm³/mol. The Balaban J connectivity index is 3.79. The zero-order valence-electron chi connectivity index (χ0n) is 13.5. The largest absolute Gasteiger partial charge is 0.481 e. The van der Waals surface area contributed by atoms with E-state index in [4.69, 9.17) is 0 Å². The Kier molecular flexibility index (Phi) is 8.31. The van der Waals surface area contributed by atoms with Crippen LogP contribution in [0.2, 0.25) is 0 Å². The van der Waals surface area contributed by atoms with E-state index in [-0.39, 0.29) is 5.54 Å². The predicted octanol–water partition coefficient (Wildman–Crippen LogP) is 4.22. The smallest absolute Gasteiger partial charge is 0.310 e. The molecule has 0 saturated carbocycles. The second-order valence-corrected chi connectivity index (χ2v) is 6.60. The molecule has 0 aliphatic carbocycles. The lowest BCUT2D eigenvalue weighted by Crippen LogP contribution is -2.55.